The fourth-order valence-electron chi connectivity index (χ4n) is 3.51. The van der Waals surface area contributed by atoms with Gasteiger partial charge in [-0.25, -0.2) is 0 Å². The average Bonchev–Trinajstić information content (AvgIpc) is 2.42. The van der Waals surface area contributed by atoms with Gasteiger partial charge in [-0.15, -0.1) is 0 Å². The first-order valence-corrected chi connectivity index (χ1v) is 8.91. The molecule has 114 valence electrons. The van der Waals surface area contributed by atoms with Crippen LogP contribution in [-0.2, 0) is 9.59 Å². The molecule has 1 N–H and O–H groups in total. The molecule has 0 aromatic heterocycles. The van der Waals surface area contributed by atoms with Gasteiger partial charge in [0.2, 0.25) is 11.8 Å². The molecule has 0 aromatic rings. The highest BCUT2D eigenvalue weighted by Crippen LogP contribution is 2.34. The molecule has 0 spiro atoms. The van der Waals surface area contributed by atoms with Crippen LogP contribution in [0.4, 0.5) is 0 Å². The smallest absolute Gasteiger partial charge is 0.245 e. The molecular weight excluding hydrogens is 272 g/mol. The van der Waals surface area contributed by atoms with Crippen LogP contribution < -0.4 is 5.32 Å². The lowest BCUT2D eigenvalue weighted by molar-refractivity contribution is -0.154. The maximum atomic E-state index is 12.6. The summed E-state index contributed by atoms with van der Waals surface area (Å²) in [5.41, 5.74) is 0. The van der Waals surface area contributed by atoms with Crippen molar-refractivity contribution in [1.29, 1.82) is 0 Å². The van der Waals surface area contributed by atoms with E-state index < -0.39 is 0 Å². The molecule has 2 fully saturated rings. The first-order chi connectivity index (χ1) is 9.47. The van der Waals surface area contributed by atoms with Crippen LogP contribution in [0.3, 0.4) is 0 Å². The van der Waals surface area contributed by atoms with Crippen LogP contribution in [0.15, 0.2) is 0 Å². The number of hydrogen-bond acceptors (Lipinski definition) is 3. The quantitative estimate of drug-likeness (QED) is 0.867. The zero-order valence-corrected chi connectivity index (χ0v) is 13.7. The summed E-state index contributed by atoms with van der Waals surface area (Å²) in [5.74, 6) is 0.252. The van der Waals surface area contributed by atoms with E-state index in [-0.39, 0.29) is 35.9 Å². The predicted molar refractivity (Wildman–Crippen MR) is 82.6 cm³/mol. The van der Waals surface area contributed by atoms with E-state index in [1.54, 1.807) is 6.92 Å². The Morgan fingerprint density at radius 2 is 1.90 bits per heavy atom. The van der Waals surface area contributed by atoms with Gasteiger partial charge in [0.15, 0.2) is 0 Å². The van der Waals surface area contributed by atoms with E-state index in [1.807, 2.05) is 30.5 Å². The van der Waals surface area contributed by atoms with Crippen LogP contribution in [-0.4, -0.2) is 46.3 Å². The monoisotopic (exact) mass is 298 g/mol. The Bertz CT molecular complexity index is 386. The third-order valence-corrected chi connectivity index (χ3v) is 5.67. The topological polar surface area (TPSA) is 49.4 Å². The standard InChI is InChI=1S/C15H26N2O2S/c1-9(2)13-14(18)16-10(3)15(19)17(13)11-7-5-6-8-12(11)20-4/h9-13H,5-8H2,1-4H3,(H,16,18). The fourth-order valence-corrected chi connectivity index (χ4v) is 4.50. The Balaban J connectivity index is 2.31. The summed E-state index contributed by atoms with van der Waals surface area (Å²) in [6, 6.07) is -0.481. The Kier molecular flexibility index (Phi) is 4.99. The van der Waals surface area contributed by atoms with Crippen molar-refractivity contribution in [1.82, 2.24) is 10.2 Å². The number of amides is 2. The van der Waals surface area contributed by atoms with Crippen LogP contribution >= 0.6 is 11.8 Å². The molecule has 0 radical (unpaired) electrons. The Labute approximate surface area is 126 Å². The minimum absolute atomic E-state index is 0.0116. The second-order valence-electron chi connectivity index (χ2n) is 6.29. The third kappa shape index (κ3) is 2.83. The molecule has 4 atom stereocenters. The van der Waals surface area contributed by atoms with Crippen molar-refractivity contribution in [2.45, 2.75) is 69.8 Å². The van der Waals surface area contributed by atoms with Crippen LogP contribution in [0.1, 0.15) is 46.5 Å². The van der Waals surface area contributed by atoms with Gasteiger partial charge in [-0.05, 0) is 31.9 Å². The van der Waals surface area contributed by atoms with E-state index in [0.717, 1.165) is 19.3 Å². The van der Waals surface area contributed by atoms with Gasteiger partial charge in [-0.3, -0.25) is 9.59 Å². The normalized spacial score (nSPS) is 35.4. The Hall–Kier alpha value is -0.710. The summed E-state index contributed by atoms with van der Waals surface area (Å²) in [6.45, 7) is 5.84. The highest BCUT2D eigenvalue weighted by molar-refractivity contribution is 7.99. The molecule has 0 aromatic carbocycles. The molecule has 2 rings (SSSR count). The predicted octanol–water partition coefficient (Wildman–Crippen LogP) is 2.03. The van der Waals surface area contributed by atoms with E-state index in [0.29, 0.717) is 5.25 Å². The molecule has 4 nitrogen and oxygen atoms in total. The van der Waals surface area contributed by atoms with Crippen molar-refractivity contribution in [2.24, 2.45) is 5.92 Å². The van der Waals surface area contributed by atoms with Crippen molar-refractivity contribution in [2.75, 3.05) is 6.26 Å². The van der Waals surface area contributed by atoms with Gasteiger partial charge >= 0.3 is 0 Å². The lowest BCUT2D eigenvalue weighted by Crippen LogP contribution is -2.68. The second-order valence-corrected chi connectivity index (χ2v) is 7.37. The minimum atomic E-state index is -0.387. The summed E-state index contributed by atoms with van der Waals surface area (Å²) in [5, 5.41) is 3.29. The number of rotatable bonds is 3. The summed E-state index contributed by atoms with van der Waals surface area (Å²) in [6.07, 6.45) is 6.69. The molecule has 0 bridgehead atoms. The van der Waals surface area contributed by atoms with Gasteiger partial charge in [-0.2, -0.15) is 11.8 Å². The molecule has 1 saturated heterocycles. The number of hydrogen-bond donors (Lipinski definition) is 1. The van der Waals surface area contributed by atoms with Gasteiger partial charge in [0.1, 0.15) is 12.1 Å². The fraction of sp³-hybridized carbons (Fsp3) is 0.867. The zero-order valence-electron chi connectivity index (χ0n) is 12.9. The lowest BCUT2D eigenvalue weighted by atomic mass is 9.88. The van der Waals surface area contributed by atoms with Crippen LogP contribution in [0.5, 0.6) is 0 Å². The van der Waals surface area contributed by atoms with Crippen molar-refractivity contribution in [3.8, 4) is 0 Å². The summed E-state index contributed by atoms with van der Waals surface area (Å²) in [4.78, 5) is 26.9. The summed E-state index contributed by atoms with van der Waals surface area (Å²) >= 11 is 1.84. The van der Waals surface area contributed by atoms with Crippen LogP contribution in [0.2, 0.25) is 0 Å². The first-order valence-electron chi connectivity index (χ1n) is 7.62. The summed E-state index contributed by atoms with van der Waals surface area (Å²) in [7, 11) is 0. The van der Waals surface area contributed by atoms with Crippen molar-refractivity contribution in [3.05, 3.63) is 0 Å². The SMILES string of the molecule is CSC1CCCCC1N1C(=O)C(C)NC(=O)C1C(C)C. The molecule has 2 aliphatic rings. The maximum absolute atomic E-state index is 12.6. The molecule has 1 heterocycles. The van der Waals surface area contributed by atoms with Gasteiger partial charge in [0.05, 0.1) is 0 Å². The second kappa shape index (κ2) is 6.37. The number of piperazine rings is 1. The number of carbonyl (C=O) groups is 2. The van der Waals surface area contributed by atoms with E-state index in [9.17, 15) is 9.59 Å². The molecular formula is C15H26N2O2S. The van der Waals surface area contributed by atoms with E-state index >= 15 is 0 Å². The molecule has 1 aliphatic carbocycles. The van der Waals surface area contributed by atoms with E-state index in [2.05, 4.69) is 11.6 Å². The number of carbonyl (C=O) groups excluding carboxylic acids is 2. The lowest BCUT2D eigenvalue weighted by Gasteiger charge is -2.47. The van der Waals surface area contributed by atoms with Crippen molar-refractivity contribution >= 4 is 23.6 Å². The number of nitrogens with zero attached hydrogens (tertiary/aromatic N) is 1. The van der Waals surface area contributed by atoms with Crippen molar-refractivity contribution in [3.63, 3.8) is 0 Å². The molecule has 4 unspecified atom stereocenters. The van der Waals surface area contributed by atoms with Crippen LogP contribution in [0, 0.1) is 5.92 Å². The van der Waals surface area contributed by atoms with Gasteiger partial charge < -0.3 is 10.2 Å². The zero-order chi connectivity index (χ0) is 14.9. The first kappa shape index (κ1) is 15.7. The molecule has 20 heavy (non-hydrogen) atoms. The molecule has 5 heteroatoms. The van der Waals surface area contributed by atoms with Crippen molar-refractivity contribution < 1.29 is 9.59 Å². The largest absolute Gasteiger partial charge is 0.343 e. The molecule has 2 amide bonds. The van der Waals surface area contributed by atoms with Gasteiger partial charge in [0.25, 0.3) is 0 Å². The molecule has 1 aliphatic heterocycles. The average molecular weight is 298 g/mol. The van der Waals surface area contributed by atoms with Crippen LogP contribution in [0.25, 0.3) is 0 Å². The Morgan fingerprint density at radius 1 is 1.25 bits per heavy atom. The number of nitrogens with one attached hydrogen (secondary N) is 1. The summed E-state index contributed by atoms with van der Waals surface area (Å²) < 4.78 is 0. The van der Waals surface area contributed by atoms with E-state index in [1.165, 1.54) is 6.42 Å². The minimum Gasteiger partial charge on any atom is -0.343 e. The highest BCUT2D eigenvalue weighted by Gasteiger charge is 2.45. The number of thioether (sulfide) groups is 1. The van der Waals surface area contributed by atoms with Gasteiger partial charge in [-0.1, -0.05) is 26.7 Å². The highest BCUT2D eigenvalue weighted by atomic mass is 32.2. The maximum Gasteiger partial charge on any atom is 0.245 e. The van der Waals surface area contributed by atoms with Gasteiger partial charge in [0, 0.05) is 11.3 Å². The van der Waals surface area contributed by atoms with E-state index in [4.69, 9.17) is 0 Å². The third-order valence-electron chi connectivity index (χ3n) is 4.51. The molecule has 1 saturated carbocycles. The Morgan fingerprint density at radius 3 is 2.50 bits per heavy atom.